The van der Waals surface area contributed by atoms with Crippen LogP contribution in [0.25, 0.3) is 0 Å². The first kappa shape index (κ1) is 24.3. The maximum absolute atomic E-state index is 11.4. The molecule has 2 N–H and O–H groups in total. The van der Waals surface area contributed by atoms with E-state index in [2.05, 4.69) is 28.3 Å². The van der Waals surface area contributed by atoms with Crippen LogP contribution in [0.4, 0.5) is 10.6 Å². The first-order valence-corrected chi connectivity index (χ1v) is 10.5. The van der Waals surface area contributed by atoms with E-state index < -0.39 is 12.1 Å². The Morgan fingerprint density at radius 1 is 1.24 bits per heavy atom. The average molecular weight is 467 g/mol. The molecule has 0 bridgehead atoms. The third kappa shape index (κ3) is 5.70. The van der Waals surface area contributed by atoms with Gasteiger partial charge in [0.2, 0.25) is 0 Å². The summed E-state index contributed by atoms with van der Waals surface area (Å²) in [6.07, 6.45) is -0.469. The molecule has 1 fully saturated rings. The predicted octanol–water partition coefficient (Wildman–Crippen LogP) is 2.07. The van der Waals surface area contributed by atoms with Crippen LogP contribution < -0.4 is 14.8 Å². The van der Waals surface area contributed by atoms with E-state index in [-0.39, 0.29) is 37.0 Å². The predicted molar refractivity (Wildman–Crippen MR) is 121 cm³/mol. The highest BCUT2D eigenvalue weighted by molar-refractivity contribution is 5.66. The van der Waals surface area contributed by atoms with Gasteiger partial charge in [-0.05, 0) is 24.5 Å². The molecule has 34 heavy (non-hydrogen) atoms. The normalized spacial score (nSPS) is 14.5. The Labute approximate surface area is 196 Å². The van der Waals surface area contributed by atoms with Crippen LogP contribution in [0.5, 0.6) is 11.5 Å². The summed E-state index contributed by atoms with van der Waals surface area (Å²) in [6.45, 7) is 2.25. The van der Waals surface area contributed by atoms with Crippen LogP contribution in [0.2, 0.25) is 0 Å². The molecular formula is C23H25N5O6. The van der Waals surface area contributed by atoms with E-state index in [0.717, 1.165) is 0 Å². The van der Waals surface area contributed by atoms with Gasteiger partial charge in [-0.1, -0.05) is 5.92 Å². The molecule has 1 unspecified atom stereocenters. The summed E-state index contributed by atoms with van der Waals surface area (Å²) in [6, 6.07) is 7.06. The fraction of sp³-hybridized carbons (Fsp3) is 0.391. The molecule has 0 spiro atoms. The van der Waals surface area contributed by atoms with Crippen LogP contribution in [-0.4, -0.2) is 72.3 Å². The second-order valence-corrected chi connectivity index (χ2v) is 7.42. The maximum atomic E-state index is 11.4. The summed E-state index contributed by atoms with van der Waals surface area (Å²) in [7, 11) is 3.08. The number of ether oxygens (including phenoxy) is 3. The standard InChI is InChI=1S/C23H25N5O6/c1-15(29)34-9-7-25-22-20(13-24)21(26-28(22)17-6-8-27(14-17)23(30)31)5-4-16-10-18(32-2)12-19(11-16)33-3/h10-12,17,25H,6-9,14H2,1-3H3,(H,30,31). The third-order valence-electron chi connectivity index (χ3n) is 5.18. The van der Waals surface area contributed by atoms with Crippen molar-refractivity contribution in [3.63, 3.8) is 0 Å². The summed E-state index contributed by atoms with van der Waals surface area (Å²) in [5.41, 5.74) is 1.07. The Morgan fingerprint density at radius 3 is 2.50 bits per heavy atom. The fourth-order valence-electron chi connectivity index (χ4n) is 3.55. The lowest BCUT2D eigenvalue weighted by Gasteiger charge is -2.16. The van der Waals surface area contributed by atoms with Crippen molar-refractivity contribution in [3.8, 4) is 29.4 Å². The Morgan fingerprint density at radius 2 is 1.94 bits per heavy atom. The van der Waals surface area contributed by atoms with Gasteiger partial charge in [0.15, 0.2) is 5.69 Å². The van der Waals surface area contributed by atoms with Gasteiger partial charge in [0.25, 0.3) is 0 Å². The largest absolute Gasteiger partial charge is 0.497 e. The number of nitrogens with one attached hydrogen (secondary N) is 1. The van der Waals surface area contributed by atoms with Crippen molar-refractivity contribution in [3.05, 3.63) is 35.0 Å². The number of amides is 1. The van der Waals surface area contributed by atoms with Gasteiger partial charge in [-0.25, -0.2) is 9.48 Å². The molecule has 11 heteroatoms. The van der Waals surface area contributed by atoms with Gasteiger partial charge in [0.1, 0.15) is 35.6 Å². The number of methoxy groups -OCH3 is 2. The third-order valence-corrected chi connectivity index (χ3v) is 5.18. The zero-order valence-corrected chi connectivity index (χ0v) is 19.1. The number of carboxylic acid groups (broad SMARTS) is 1. The van der Waals surface area contributed by atoms with Crippen molar-refractivity contribution in [2.45, 2.75) is 19.4 Å². The SMILES string of the molecule is COc1cc(C#Cc2nn(C3CCN(C(=O)O)C3)c(NCCOC(C)=O)c2C#N)cc(OC)c1. The quantitative estimate of drug-likeness (QED) is 0.356. The lowest BCUT2D eigenvalue weighted by atomic mass is 10.2. The number of esters is 1. The number of hydrogen-bond acceptors (Lipinski definition) is 8. The summed E-state index contributed by atoms with van der Waals surface area (Å²) < 4.78 is 17.1. The van der Waals surface area contributed by atoms with E-state index >= 15 is 0 Å². The van der Waals surface area contributed by atoms with Crippen molar-refractivity contribution in [1.82, 2.24) is 14.7 Å². The number of carbonyl (C=O) groups excluding carboxylic acids is 1. The number of nitriles is 1. The molecule has 1 amide bonds. The number of likely N-dealkylation sites (tertiary alicyclic amines) is 1. The second kappa shape index (κ2) is 11.0. The molecule has 2 heterocycles. The number of hydrogen-bond donors (Lipinski definition) is 2. The highest BCUT2D eigenvalue weighted by Gasteiger charge is 2.31. The van der Waals surface area contributed by atoms with Crippen LogP contribution in [0.1, 0.15) is 36.2 Å². The molecule has 1 aromatic heterocycles. The van der Waals surface area contributed by atoms with Crippen LogP contribution >= 0.6 is 0 Å². The molecular weight excluding hydrogens is 442 g/mol. The van der Waals surface area contributed by atoms with Crippen LogP contribution in [0, 0.1) is 23.2 Å². The first-order chi connectivity index (χ1) is 16.4. The molecule has 0 radical (unpaired) electrons. The van der Waals surface area contributed by atoms with Gasteiger partial charge in [0, 0.05) is 31.6 Å². The van der Waals surface area contributed by atoms with Crippen molar-refractivity contribution in [2.24, 2.45) is 0 Å². The highest BCUT2D eigenvalue weighted by Crippen LogP contribution is 2.29. The van der Waals surface area contributed by atoms with Crippen LogP contribution in [-0.2, 0) is 9.53 Å². The van der Waals surface area contributed by atoms with Gasteiger partial charge in [-0.2, -0.15) is 10.4 Å². The average Bonchev–Trinajstić information content (AvgIpc) is 3.44. The minimum Gasteiger partial charge on any atom is -0.497 e. The van der Waals surface area contributed by atoms with Gasteiger partial charge in [-0.15, -0.1) is 0 Å². The van der Waals surface area contributed by atoms with Crippen molar-refractivity contribution >= 4 is 17.9 Å². The number of anilines is 1. The molecule has 178 valence electrons. The molecule has 1 aliphatic rings. The van der Waals surface area contributed by atoms with Gasteiger partial charge in [0.05, 0.1) is 26.8 Å². The Bertz CT molecular complexity index is 1150. The number of nitrogens with zero attached hydrogens (tertiary/aromatic N) is 4. The van der Waals surface area contributed by atoms with E-state index in [1.807, 2.05) is 0 Å². The van der Waals surface area contributed by atoms with Crippen molar-refractivity contribution in [1.29, 1.82) is 5.26 Å². The molecule has 0 aliphatic carbocycles. The van der Waals surface area contributed by atoms with Crippen LogP contribution in [0.3, 0.4) is 0 Å². The fourth-order valence-corrected chi connectivity index (χ4v) is 3.55. The molecule has 1 atom stereocenters. The lowest BCUT2D eigenvalue weighted by Crippen LogP contribution is -2.27. The Kier molecular flexibility index (Phi) is 7.83. The minimum absolute atomic E-state index is 0.0991. The number of rotatable bonds is 7. The molecule has 1 aromatic carbocycles. The molecule has 3 rings (SSSR count). The molecule has 0 saturated carbocycles. The Hall–Kier alpha value is -4.38. The van der Waals surface area contributed by atoms with Gasteiger partial charge < -0.3 is 29.5 Å². The zero-order chi connectivity index (χ0) is 24.7. The van der Waals surface area contributed by atoms with Crippen molar-refractivity contribution < 1.29 is 28.9 Å². The van der Waals surface area contributed by atoms with E-state index in [0.29, 0.717) is 35.8 Å². The zero-order valence-electron chi connectivity index (χ0n) is 19.1. The number of carbonyl (C=O) groups is 2. The topological polar surface area (TPSA) is 139 Å². The summed E-state index contributed by atoms with van der Waals surface area (Å²) in [5, 5.41) is 26.8. The monoisotopic (exact) mass is 467 g/mol. The number of aromatic nitrogens is 2. The van der Waals surface area contributed by atoms with E-state index in [9.17, 15) is 20.0 Å². The lowest BCUT2D eigenvalue weighted by molar-refractivity contribution is -0.140. The van der Waals surface area contributed by atoms with E-state index in [1.165, 1.54) is 26.0 Å². The molecule has 2 aromatic rings. The maximum Gasteiger partial charge on any atom is 0.407 e. The number of benzene rings is 1. The molecule has 1 saturated heterocycles. The van der Waals surface area contributed by atoms with Gasteiger partial charge >= 0.3 is 12.1 Å². The molecule has 1 aliphatic heterocycles. The van der Waals surface area contributed by atoms with Crippen LogP contribution in [0.15, 0.2) is 18.2 Å². The Balaban J connectivity index is 1.97. The van der Waals surface area contributed by atoms with Crippen molar-refractivity contribution in [2.75, 3.05) is 45.8 Å². The van der Waals surface area contributed by atoms with E-state index in [1.54, 1.807) is 22.9 Å². The van der Waals surface area contributed by atoms with E-state index in [4.69, 9.17) is 14.2 Å². The second-order valence-electron chi connectivity index (χ2n) is 7.42. The summed E-state index contributed by atoms with van der Waals surface area (Å²) in [5.74, 6) is 7.06. The van der Waals surface area contributed by atoms with Gasteiger partial charge in [-0.3, -0.25) is 4.79 Å². The smallest absolute Gasteiger partial charge is 0.407 e. The minimum atomic E-state index is -1.01. The molecule has 11 nitrogen and oxygen atoms in total. The summed E-state index contributed by atoms with van der Waals surface area (Å²) >= 11 is 0. The first-order valence-electron chi connectivity index (χ1n) is 10.5. The highest BCUT2D eigenvalue weighted by atomic mass is 16.5. The summed E-state index contributed by atoms with van der Waals surface area (Å²) in [4.78, 5) is 23.7.